The quantitative estimate of drug-likeness (QED) is 0.573. The van der Waals surface area contributed by atoms with Gasteiger partial charge in [0.1, 0.15) is 4.83 Å². The van der Waals surface area contributed by atoms with Crippen molar-refractivity contribution in [2.75, 3.05) is 5.43 Å². The minimum atomic E-state index is 0.665. The van der Waals surface area contributed by atoms with Crippen LogP contribution in [0.5, 0.6) is 0 Å². The Kier molecular flexibility index (Phi) is 3.57. The molecule has 0 radical (unpaired) electrons. The number of nitrogens with zero attached hydrogens (tertiary/aromatic N) is 3. The van der Waals surface area contributed by atoms with Crippen molar-refractivity contribution in [1.82, 2.24) is 15.0 Å². The van der Waals surface area contributed by atoms with Crippen LogP contribution in [0.15, 0.2) is 18.2 Å². The molecule has 3 aromatic rings. The van der Waals surface area contributed by atoms with Crippen LogP contribution in [0.3, 0.4) is 0 Å². The minimum Gasteiger partial charge on any atom is -0.308 e. The van der Waals surface area contributed by atoms with E-state index in [0.29, 0.717) is 11.6 Å². The Hall–Kier alpha value is -2.05. The van der Waals surface area contributed by atoms with Gasteiger partial charge in [0, 0.05) is 21.8 Å². The molecule has 3 heterocycles. The number of pyridine rings is 1. The molecule has 6 heteroatoms. The molecule has 0 spiro atoms. The standard InChI is InChI=1S/C15H17N5S/c1-4-11-7-12-14(20-16)18-13(19-15(12)21-11)10-5-8(2)17-9(3)6-10/h5-7H,4,16H2,1-3H3,(H,18,19,20). The lowest BCUT2D eigenvalue weighted by Gasteiger charge is -2.06. The Labute approximate surface area is 127 Å². The van der Waals surface area contributed by atoms with Crippen molar-refractivity contribution in [3.8, 4) is 11.4 Å². The molecule has 0 aromatic carbocycles. The van der Waals surface area contributed by atoms with E-state index in [1.54, 1.807) is 11.3 Å². The number of aromatic nitrogens is 3. The van der Waals surface area contributed by atoms with Gasteiger partial charge in [-0.2, -0.15) is 0 Å². The van der Waals surface area contributed by atoms with E-state index in [-0.39, 0.29) is 0 Å². The van der Waals surface area contributed by atoms with Crippen molar-refractivity contribution in [1.29, 1.82) is 0 Å². The Bertz CT molecular complexity index is 789. The van der Waals surface area contributed by atoms with Gasteiger partial charge in [0.15, 0.2) is 11.6 Å². The Morgan fingerprint density at radius 1 is 1.10 bits per heavy atom. The number of rotatable bonds is 3. The van der Waals surface area contributed by atoms with Crippen molar-refractivity contribution in [2.45, 2.75) is 27.2 Å². The molecule has 0 aliphatic rings. The summed E-state index contributed by atoms with van der Waals surface area (Å²) in [6.45, 7) is 6.07. The van der Waals surface area contributed by atoms with Gasteiger partial charge in [-0.05, 0) is 38.5 Å². The fraction of sp³-hybridized carbons (Fsp3) is 0.267. The van der Waals surface area contributed by atoms with E-state index < -0.39 is 0 Å². The van der Waals surface area contributed by atoms with Gasteiger partial charge in [0.05, 0.1) is 5.39 Å². The third kappa shape index (κ3) is 2.59. The number of thiophene rings is 1. The predicted octanol–water partition coefficient (Wildman–Crippen LogP) is 3.22. The van der Waals surface area contributed by atoms with E-state index >= 15 is 0 Å². The van der Waals surface area contributed by atoms with Gasteiger partial charge in [0.2, 0.25) is 0 Å². The number of hydrogen-bond donors (Lipinski definition) is 2. The number of fused-ring (bicyclic) bond motifs is 1. The van der Waals surface area contributed by atoms with E-state index in [2.05, 4.69) is 33.4 Å². The molecule has 0 bridgehead atoms. The second-order valence-corrected chi connectivity index (χ2v) is 6.08. The molecule has 0 unspecified atom stereocenters. The smallest absolute Gasteiger partial charge is 0.163 e. The molecule has 0 aliphatic carbocycles. The van der Waals surface area contributed by atoms with Crippen LogP contribution < -0.4 is 11.3 Å². The average molecular weight is 299 g/mol. The molecule has 0 saturated heterocycles. The van der Waals surface area contributed by atoms with Crippen LogP contribution in [0.4, 0.5) is 5.82 Å². The molecular weight excluding hydrogens is 282 g/mol. The zero-order valence-electron chi connectivity index (χ0n) is 12.3. The first-order valence-corrected chi connectivity index (χ1v) is 7.65. The fourth-order valence-corrected chi connectivity index (χ4v) is 3.32. The summed E-state index contributed by atoms with van der Waals surface area (Å²) in [5.41, 5.74) is 5.56. The first-order valence-electron chi connectivity index (χ1n) is 6.83. The molecule has 21 heavy (non-hydrogen) atoms. The molecule has 0 atom stereocenters. The molecule has 0 saturated carbocycles. The number of nitrogens with two attached hydrogens (primary N) is 1. The maximum absolute atomic E-state index is 5.63. The summed E-state index contributed by atoms with van der Waals surface area (Å²) in [7, 11) is 0. The van der Waals surface area contributed by atoms with Crippen molar-refractivity contribution in [2.24, 2.45) is 5.84 Å². The van der Waals surface area contributed by atoms with Gasteiger partial charge in [0.25, 0.3) is 0 Å². The summed E-state index contributed by atoms with van der Waals surface area (Å²) in [5.74, 6) is 6.96. The summed E-state index contributed by atoms with van der Waals surface area (Å²) in [6, 6.07) is 6.08. The molecule has 108 valence electrons. The summed E-state index contributed by atoms with van der Waals surface area (Å²) in [6.07, 6.45) is 0.980. The van der Waals surface area contributed by atoms with Gasteiger partial charge in [-0.25, -0.2) is 15.8 Å². The minimum absolute atomic E-state index is 0.665. The van der Waals surface area contributed by atoms with E-state index in [0.717, 1.165) is 33.6 Å². The lowest BCUT2D eigenvalue weighted by molar-refractivity contribution is 1.11. The van der Waals surface area contributed by atoms with Gasteiger partial charge in [-0.15, -0.1) is 11.3 Å². The predicted molar refractivity (Wildman–Crippen MR) is 87.3 cm³/mol. The zero-order valence-corrected chi connectivity index (χ0v) is 13.1. The highest BCUT2D eigenvalue weighted by atomic mass is 32.1. The number of hydrogen-bond acceptors (Lipinski definition) is 6. The first-order chi connectivity index (χ1) is 10.1. The number of nitrogen functional groups attached to an aromatic ring is 1. The molecule has 3 aromatic heterocycles. The first kappa shape index (κ1) is 13.9. The maximum Gasteiger partial charge on any atom is 0.163 e. The van der Waals surface area contributed by atoms with Gasteiger partial charge in [-0.3, -0.25) is 4.98 Å². The Morgan fingerprint density at radius 2 is 1.81 bits per heavy atom. The van der Waals surface area contributed by atoms with Crippen LogP contribution in [0.25, 0.3) is 21.6 Å². The third-order valence-corrected chi connectivity index (χ3v) is 4.44. The largest absolute Gasteiger partial charge is 0.308 e. The second kappa shape index (κ2) is 5.38. The maximum atomic E-state index is 5.63. The van der Waals surface area contributed by atoms with Crippen LogP contribution in [0.1, 0.15) is 23.2 Å². The molecule has 3 rings (SSSR count). The highest BCUT2D eigenvalue weighted by Gasteiger charge is 2.12. The summed E-state index contributed by atoms with van der Waals surface area (Å²) < 4.78 is 0. The molecule has 0 fully saturated rings. The summed E-state index contributed by atoms with van der Waals surface area (Å²) in [5, 5.41) is 0.977. The Balaban J connectivity index is 2.22. The highest BCUT2D eigenvalue weighted by Crippen LogP contribution is 2.31. The highest BCUT2D eigenvalue weighted by molar-refractivity contribution is 7.18. The molecular formula is C15H17N5S. The van der Waals surface area contributed by atoms with E-state index in [4.69, 9.17) is 5.84 Å². The number of nitrogens with one attached hydrogen (secondary N) is 1. The molecule has 5 nitrogen and oxygen atoms in total. The normalized spacial score (nSPS) is 11.0. The average Bonchev–Trinajstić information content (AvgIpc) is 2.88. The van der Waals surface area contributed by atoms with Gasteiger partial charge in [-0.1, -0.05) is 6.92 Å². The fourth-order valence-electron chi connectivity index (χ4n) is 2.35. The second-order valence-electron chi connectivity index (χ2n) is 4.96. The summed E-state index contributed by atoms with van der Waals surface area (Å²) in [4.78, 5) is 15.9. The van der Waals surface area contributed by atoms with Crippen molar-refractivity contribution in [3.05, 3.63) is 34.5 Å². The Morgan fingerprint density at radius 3 is 2.43 bits per heavy atom. The topological polar surface area (TPSA) is 76.7 Å². The molecule has 3 N–H and O–H groups in total. The third-order valence-electron chi connectivity index (χ3n) is 3.27. The van der Waals surface area contributed by atoms with Crippen LogP contribution in [-0.2, 0) is 6.42 Å². The van der Waals surface area contributed by atoms with Crippen molar-refractivity contribution >= 4 is 27.4 Å². The number of anilines is 1. The number of hydrazine groups is 1. The van der Waals surface area contributed by atoms with Gasteiger partial charge >= 0.3 is 0 Å². The van der Waals surface area contributed by atoms with E-state index in [9.17, 15) is 0 Å². The van der Waals surface area contributed by atoms with Crippen LogP contribution in [0, 0.1) is 13.8 Å². The van der Waals surface area contributed by atoms with Crippen LogP contribution in [0.2, 0.25) is 0 Å². The lowest BCUT2D eigenvalue weighted by Crippen LogP contribution is -2.09. The number of aryl methyl sites for hydroxylation is 3. The lowest BCUT2D eigenvalue weighted by atomic mass is 10.2. The van der Waals surface area contributed by atoms with Crippen molar-refractivity contribution < 1.29 is 0 Å². The zero-order chi connectivity index (χ0) is 15.0. The SMILES string of the molecule is CCc1cc2c(NN)nc(-c3cc(C)nc(C)c3)nc2s1. The van der Waals surface area contributed by atoms with E-state index in [1.807, 2.05) is 26.0 Å². The summed E-state index contributed by atoms with van der Waals surface area (Å²) >= 11 is 1.68. The molecule has 0 amide bonds. The molecule has 0 aliphatic heterocycles. The van der Waals surface area contributed by atoms with Crippen LogP contribution >= 0.6 is 11.3 Å². The van der Waals surface area contributed by atoms with E-state index in [1.165, 1.54) is 4.88 Å². The van der Waals surface area contributed by atoms with Crippen LogP contribution in [-0.4, -0.2) is 15.0 Å². The van der Waals surface area contributed by atoms with Crippen molar-refractivity contribution in [3.63, 3.8) is 0 Å². The monoisotopic (exact) mass is 299 g/mol. The van der Waals surface area contributed by atoms with Gasteiger partial charge < -0.3 is 5.43 Å².